The van der Waals surface area contributed by atoms with Crippen LogP contribution in [-0.4, -0.2) is 40.0 Å². The fourth-order valence-electron chi connectivity index (χ4n) is 6.22. The van der Waals surface area contributed by atoms with E-state index in [0.717, 1.165) is 53.5 Å². The average Bonchev–Trinajstić information content (AvgIpc) is 3.56. The Hall–Kier alpha value is -4.62. The van der Waals surface area contributed by atoms with Gasteiger partial charge in [0.25, 0.3) is 5.91 Å². The number of hydrogen-bond donors (Lipinski definition) is 3. The summed E-state index contributed by atoms with van der Waals surface area (Å²) in [6.07, 6.45) is 2.00. The van der Waals surface area contributed by atoms with Crippen LogP contribution >= 0.6 is 0 Å². The second-order valence-corrected chi connectivity index (χ2v) is 11.1. The molecule has 0 saturated carbocycles. The molecule has 7 rings (SSSR count). The van der Waals surface area contributed by atoms with Gasteiger partial charge in [0.2, 0.25) is 0 Å². The van der Waals surface area contributed by atoms with Crippen molar-refractivity contribution in [3.63, 3.8) is 0 Å². The Kier molecular flexibility index (Phi) is 6.24. The number of benzene rings is 4. The molecule has 0 spiro atoms. The normalized spacial score (nSPS) is 16.4. The minimum absolute atomic E-state index is 0.0599. The molecule has 0 unspecified atom stereocenters. The Morgan fingerprint density at radius 3 is 2.44 bits per heavy atom. The number of phenols is 1. The van der Waals surface area contributed by atoms with E-state index in [-0.39, 0.29) is 17.7 Å². The Labute approximate surface area is 237 Å². The summed E-state index contributed by atoms with van der Waals surface area (Å²) in [4.78, 5) is 21.5. The van der Waals surface area contributed by atoms with E-state index >= 15 is 0 Å². The first-order chi connectivity index (χ1) is 19.9. The average molecular weight is 547 g/mol. The van der Waals surface area contributed by atoms with Crippen molar-refractivity contribution < 1.29 is 14.3 Å². The largest absolute Gasteiger partial charge is 0.508 e. The third-order valence-electron chi connectivity index (χ3n) is 8.49. The van der Waals surface area contributed by atoms with Crippen molar-refractivity contribution in [3.8, 4) is 16.9 Å². The van der Waals surface area contributed by atoms with Crippen molar-refractivity contribution in [2.75, 3.05) is 18.0 Å². The van der Waals surface area contributed by atoms with Gasteiger partial charge in [-0.15, -0.1) is 0 Å². The minimum atomic E-state index is -0.696. The third-order valence-corrected chi connectivity index (χ3v) is 8.49. The number of aromatic hydroxyl groups is 1. The number of carbonyl (C=O) groups is 1. The molecule has 4 N–H and O–H groups in total. The number of aromatic amines is 1. The zero-order valence-electron chi connectivity index (χ0n) is 22.6. The fourth-order valence-corrected chi connectivity index (χ4v) is 6.22. The number of halogens is 1. The summed E-state index contributed by atoms with van der Waals surface area (Å²) in [7, 11) is 0. The van der Waals surface area contributed by atoms with Gasteiger partial charge in [0.1, 0.15) is 17.6 Å². The Balaban J connectivity index is 1.22. The number of nitrogens with one attached hydrogen (secondary N) is 1. The van der Waals surface area contributed by atoms with Gasteiger partial charge in [-0.1, -0.05) is 42.5 Å². The van der Waals surface area contributed by atoms with Crippen LogP contribution in [0.4, 0.5) is 10.1 Å². The zero-order valence-corrected chi connectivity index (χ0v) is 22.6. The van der Waals surface area contributed by atoms with Gasteiger partial charge in [-0.3, -0.25) is 4.79 Å². The third kappa shape index (κ3) is 4.62. The lowest BCUT2D eigenvalue weighted by atomic mass is 9.99. The standard InChI is InChI=1S/C34H31FN4O2/c35-25-9-12-32(40)29(19-25)33(31-18-23-3-1-2-4-30(23)37-31)39-20-24-6-5-22(17-28(24)34(39)41)21-7-10-27(11-8-21)38-15-13-26(36)14-16-38/h1-12,17-19,26,33,37,40H,13-16,20,36H2/t33-/m1/s1. The number of phenolic OH excluding ortho intramolecular Hbond substituents is 1. The lowest BCUT2D eigenvalue weighted by molar-refractivity contribution is 0.0726. The summed E-state index contributed by atoms with van der Waals surface area (Å²) in [5.74, 6) is -0.688. The molecule has 6 nitrogen and oxygen atoms in total. The number of nitrogens with zero attached hydrogens (tertiary/aromatic N) is 2. The first-order valence-electron chi connectivity index (χ1n) is 14.1. The molecule has 7 heteroatoms. The van der Waals surface area contributed by atoms with E-state index in [1.165, 1.54) is 23.9 Å². The number of rotatable bonds is 5. The zero-order chi connectivity index (χ0) is 28.1. The first-order valence-corrected chi connectivity index (χ1v) is 14.1. The number of carbonyl (C=O) groups excluding carboxylic acids is 1. The van der Waals surface area contributed by atoms with Crippen molar-refractivity contribution in [1.29, 1.82) is 0 Å². The summed E-state index contributed by atoms with van der Waals surface area (Å²) in [6, 6.07) is 27.7. The van der Waals surface area contributed by atoms with Gasteiger partial charge in [0.05, 0.1) is 0 Å². The summed E-state index contributed by atoms with van der Waals surface area (Å²) >= 11 is 0. The van der Waals surface area contributed by atoms with Crippen LogP contribution in [0.5, 0.6) is 5.75 Å². The van der Waals surface area contributed by atoms with Crippen molar-refractivity contribution >= 4 is 22.5 Å². The van der Waals surface area contributed by atoms with Gasteiger partial charge < -0.3 is 25.6 Å². The van der Waals surface area contributed by atoms with E-state index < -0.39 is 11.9 Å². The van der Waals surface area contributed by atoms with Crippen LogP contribution in [-0.2, 0) is 6.54 Å². The molecule has 206 valence electrons. The fraction of sp³-hybridized carbons (Fsp3) is 0.206. The lowest BCUT2D eigenvalue weighted by Gasteiger charge is -2.32. The van der Waals surface area contributed by atoms with Crippen molar-refractivity contribution in [3.05, 3.63) is 119 Å². The van der Waals surface area contributed by atoms with Crippen LogP contribution in [0.25, 0.3) is 22.0 Å². The molecule has 1 fully saturated rings. The van der Waals surface area contributed by atoms with Crippen LogP contribution < -0.4 is 10.6 Å². The number of amides is 1. The molecule has 41 heavy (non-hydrogen) atoms. The Morgan fingerprint density at radius 2 is 1.66 bits per heavy atom. The number of aromatic nitrogens is 1. The molecule has 1 amide bonds. The molecule has 0 aliphatic carbocycles. The second kappa shape index (κ2) is 10.1. The van der Waals surface area contributed by atoms with Crippen LogP contribution in [0, 0.1) is 5.82 Å². The van der Waals surface area contributed by atoms with Gasteiger partial charge in [0.15, 0.2) is 0 Å². The monoisotopic (exact) mass is 546 g/mol. The lowest BCUT2D eigenvalue weighted by Crippen LogP contribution is -2.39. The maximum atomic E-state index is 14.4. The summed E-state index contributed by atoms with van der Waals surface area (Å²) in [6.45, 7) is 2.27. The number of piperidine rings is 1. The number of hydrogen-bond acceptors (Lipinski definition) is 4. The van der Waals surface area contributed by atoms with E-state index in [2.05, 4.69) is 34.1 Å². The van der Waals surface area contributed by atoms with Crippen molar-refractivity contribution in [1.82, 2.24) is 9.88 Å². The van der Waals surface area contributed by atoms with Crippen molar-refractivity contribution in [2.45, 2.75) is 31.5 Å². The van der Waals surface area contributed by atoms with Crippen LogP contribution in [0.1, 0.15) is 46.1 Å². The first kappa shape index (κ1) is 25.4. The van der Waals surface area contributed by atoms with E-state index in [1.54, 1.807) is 4.90 Å². The maximum Gasteiger partial charge on any atom is 0.255 e. The predicted molar refractivity (Wildman–Crippen MR) is 159 cm³/mol. The number of para-hydroxylation sites is 1. The summed E-state index contributed by atoms with van der Waals surface area (Å²) in [5, 5.41) is 11.8. The molecular formula is C34H31FN4O2. The van der Waals surface area contributed by atoms with Crippen LogP contribution in [0.3, 0.4) is 0 Å². The molecule has 2 aliphatic heterocycles. The van der Waals surface area contributed by atoms with Gasteiger partial charge in [-0.25, -0.2) is 4.39 Å². The molecule has 0 bridgehead atoms. The molecule has 4 aromatic carbocycles. The van der Waals surface area contributed by atoms with Crippen LogP contribution in [0.2, 0.25) is 0 Å². The molecule has 3 heterocycles. The highest BCUT2D eigenvalue weighted by Crippen LogP contribution is 2.41. The highest BCUT2D eigenvalue weighted by molar-refractivity contribution is 6.00. The highest BCUT2D eigenvalue weighted by Gasteiger charge is 2.37. The molecule has 1 aromatic heterocycles. The highest BCUT2D eigenvalue weighted by atomic mass is 19.1. The van der Waals surface area contributed by atoms with E-state index in [0.29, 0.717) is 23.4 Å². The van der Waals surface area contributed by atoms with E-state index in [4.69, 9.17) is 5.73 Å². The molecule has 0 radical (unpaired) electrons. The molecular weight excluding hydrogens is 515 g/mol. The van der Waals surface area contributed by atoms with Gasteiger partial charge in [-0.05, 0) is 83.4 Å². The van der Waals surface area contributed by atoms with Gasteiger partial charge in [-0.2, -0.15) is 0 Å². The number of nitrogens with two attached hydrogens (primary N) is 1. The van der Waals surface area contributed by atoms with Gasteiger partial charge >= 0.3 is 0 Å². The Bertz CT molecular complexity index is 1720. The number of fused-ring (bicyclic) bond motifs is 2. The summed E-state index contributed by atoms with van der Waals surface area (Å²) in [5.41, 5.74) is 12.7. The topological polar surface area (TPSA) is 85.6 Å². The SMILES string of the molecule is NC1CCN(c2ccc(-c3ccc4c(c3)C(=O)N([C@@H](c3cc5ccccc5[nH]3)c3cc(F)ccc3O)C4)cc2)CC1. The van der Waals surface area contributed by atoms with Crippen molar-refractivity contribution in [2.24, 2.45) is 5.73 Å². The van der Waals surface area contributed by atoms with Gasteiger partial charge in [0, 0.05) is 53.7 Å². The number of anilines is 1. The quantitative estimate of drug-likeness (QED) is 0.240. The number of H-pyrrole nitrogens is 1. The summed E-state index contributed by atoms with van der Waals surface area (Å²) < 4.78 is 14.4. The smallest absolute Gasteiger partial charge is 0.255 e. The van der Waals surface area contributed by atoms with E-state index in [1.807, 2.05) is 48.5 Å². The minimum Gasteiger partial charge on any atom is -0.508 e. The molecule has 2 aliphatic rings. The second-order valence-electron chi connectivity index (χ2n) is 11.1. The Morgan fingerprint density at radius 1 is 0.902 bits per heavy atom. The van der Waals surface area contributed by atoms with Crippen LogP contribution in [0.15, 0.2) is 91.0 Å². The van der Waals surface area contributed by atoms with E-state index in [9.17, 15) is 14.3 Å². The molecule has 1 atom stereocenters. The maximum absolute atomic E-state index is 14.4. The molecule has 5 aromatic rings. The predicted octanol–water partition coefficient (Wildman–Crippen LogP) is 6.35. The molecule has 1 saturated heterocycles.